The molecule has 136 valence electrons. The van der Waals surface area contributed by atoms with E-state index in [9.17, 15) is 4.79 Å². The molecule has 1 N–H and O–H groups in total. The summed E-state index contributed by atoms with van der Waals surface area (Å²) >= 11 is 7.69. The van der Waals surface area contributed by atoms with E-state index in [1.165, 1.54) is 0 Å². The highest BCUT2D eigenvalue weighted by molar-refractivity contribution is 7.99. The SMILES string of the molecule is O=C(Nc1cc(Cl)ccc1Sc1ccccc1)[C@@H]1COc2ccccc2O1. The highest BCUT2D eigenvalue weighted by Crippen LogP contribution is 2.36. The van der Waals surface area contributed by atoms with Crippen molar-refractivity contribution in [2.75, 3.05) is 11.9 Å². The average Bonchev–Trinajstić information content (AvgIpc) is 2.70. The molecule has 0 saturated carbocycles. The van der Waals surface area contributed by atoms with Gasteiger partial charge in [0.05, 0.1) is 5.69 Å². The number of hydrogen-bond donors (Lipinski definition) is 1. The van der Waals surface area contributed by atoms with Crippen LogP contribution in [-0.2, 0) is 4.79 Å². The molecule has 1 aliphatic heterocycles. The largest absolute Gasteiger partial charge is 0.485 e. The third-order valence-electron chi connectivity index (χ3n) is 3.97. The van der Waals surface area contributed by atoms with E-state index in [2.05, 4.69) is 5.32 Å². The summed E-state index contributed by atoms with van der Waals surface area (Å²) in [7, 11) is 0. The number of amides is 1. The number of ether oxygens (including phenoxy) is 2. The van der Waals surface area contributed by atoms with E-state index in [1.807, 2.05) is 54.6 Å². The molecule has 4 nitrogen and oxygen atoms in total. The number of fused-ring (bicyclic) bond motifs is 1. The van der Waals surface area contributed by atoms with Gasteiger partial charge in [0.2, 0.25) is 6.10 Å². The van der Waals surface area contributed by atoms with Gasteiger partial charge >= 0.3 is 0 Å². The fourth-order valence-electron chi connectivity index (χ4n) is 2.67. The second kappa shape index (κ2) is 7.94. The minimum atomic E-state index is -0.728. The summed E-state index contributed by atoms with van der Waals surface area (Å²) in [6.07, 6.45) is -0.728. The molecule has 4 rings (SSSR count). The van der Waals surface area contributed by atoms with Crippen molar-refractivity contribution in [3.05, 3.63) is 77.8 Å². The lowest BCUT2D eigenvalue weighted by molar-refractivity contribution is -0.125. The summed E-state index contributed by atoms with van der Waals surface area (Å²) < 4.78 is 11.4. The van der Waals surface area contributed by atoms with Crippen LogP contribution in [0.4, 0.5) is 5.69 Å². The van der Waals surface area contributed by atoms with Gasteiger partial charge in [-0.05, 0) is 42.5 Å². The molecule has 1 heterocycles. The zero-order valence-electron chi connectivity index (χ0n) is 14.2. The van der Waals surface area contributed by atoms with Crippen molar-refractivity contribution in [2.45, 2.75) is 15.9 Å². The Morgan fingerprint density at radius 1 is 1.00 bits per heavy atom. The Labute approximate surface area is 166 Å². The number of halogens is 1. The molecule has 0 unspecified atom stereocenters. The highest BCUT2D eigenvalue weighted by Gasteiger charge is 2.27. The third-order valence-corrected chi connectivity index (χ3v) is 5.29. The van der Waals surface area contributed by atoms with Crippen molar-refractivity contribution in [3.8, 4) is 11.5 Å². The molecule has 1 atom stereocenters. The minimum Gasteiger partial charge on any atom is -0.485 e. The Kier molecular flexibility index (Phi) is 5.23. The molecule has 0 radical (unpaired) electrons. The summed E-state index contributed by atoms with van der Waals surface area (Å²) in [5.74, 6) is 0.931. The first-order valence-electron chi connectivity index (χ1n) is 8.41. The van der Waals surface area contributed by atoms with E-state index in [4.69, 9.17) is 21.1 Å². The average molecular weight is 398 g/mol. The fourth-order valence-corrected chi connectivity index (χ4v) is 3.74. The van der Waals surface area contributed by atoms with Crippen LogP contribution in [0.1, 0.15) is 0 Å². The normalized spacial score (nSPS) is 15.2. The molecule has 27 heavy (non-hydrogen) atoms. The van der Waals surface area contributed by atoms with E-state index in [0.717, 1.165) is 9.79 Å². The molecule has 0 spiro atoms. The predicted octanol–water partition coefficient (Wildman–Crippen LogP) is 5.27. The Balaban J connectivity index is 1.52. The highest BCUT2D eigenvalue weighted by atomic mass is 35.5. The Bertz CT molecular complexity index is 965. The molecule has 1 aliphatic rings. The van der Waals surface area contributed by atoms with Crippen LogP contribution < -0.4 is 14.8 Å². The maximum absolute atomic E-state index is 12.7. The number of para-hydroxylation sites is 2. The maximum atomic E-state index is 12.7. The summed E-state index contributed by atoms with van der Waals surface area (Å²) in [6, 6.07) is 22.7. The van der Waals surface area contributed by atoms with Gasteiger partial charge in [0.1, 0.15) is 6.61 Å². The number of carbonyl (C=O) groups excluding carboxylic acids is 1. The first-order valence-corrected chi connectivity index (χ1v) is 9.60. The summed E-state index contributed by atoms with van der Waals surface area (Å²) in [6.45, 7) is 0.157. The molecule has 0 bridgehead atoms. The van der Waals surface area contributed by atoms with Crippen LogP contribution in [0.5, 0.6) is 11.5 Å². The van der Waals surface area contributed by atoms with Crippen molar-refractivity contribution < 1.29 is 14.3 Å². The molecule has 6 heteroatoms. The fraction of sp³-hybridized carbons (Fsp3) is 0.0952. The lowest BCUT2D eigenvalue weighted by Crippen LogP contribution is -2.40. The molecule has 0 aromatic heterocycles. The van der Waals surface area contributed by atoms with Crippen LogP contribution >= 0.6 is 23.4 Å². The summed E-state index contributed by atoms with van der Waals surface area (Å²) in [4.78, 5) is 14.7. The van der Waals surface area contributed by atoms with Crippen molar-refractivity contribution >= 4 is 35.0 Å². The van der Waals surface area contributed by atoms with E-state index < -0.39 is 6.10 Å². The molecule has 1 amide bonds. The first-order chi connectivity index (χ1) is 13.2. The number of benzene rings is 3. The lowest BCUT2D eigenvalue weighted by atomic mass is 10.2. The Morgan fingerprint density at radius 3 is 2.56 bits per heavy atom. The van der Waals surface area contributed by atoms with Gasteiger partial charge < -0.3 is 14.8 Å². The van der Waals surface area contributed by atoms with E-state index in [1.54, 1.807) is 30.0 Å². The summed E-state index contributed by atoms with van der Waals surface area (Å²) in [5, 5.41) is 3.47. The number of hydrogen-bond acceptors (Lipinski definition) is 4. The summed E-state index contributed by atoms with van der Waals surface area (Å²) in [5.41, 5.74) is 0.642. The number of nitrogens with one attached hydrogen (secondary N) is 1. The van der Waals surface area contributed by atoms with Gasteiger partial charge in [-0.1, -0.05) is 53.7 Å². The molecular weight excluding hydrogens is 382 g/mol. The van der Waals surface area contributed by atoms with Crippen LogP contribution in [-0.4, -0.2) is 18.6 Å². The second-order valence-electron chi connectivity index (χ2n) is 5.91. The molecular formula is C21H16ClNO3S. The van der Waals surface area contributed by atoms with Gasteiger partial charge in [-0.25, -0.2) is 0 Å². The lowest BCUT2D eigenvalue weighted by Gasteiger charge is -2.25. The van der Waals surface area contributed by atoms with Crippen molar-refractivity contribution in [1.82, 2.24) is 0 Å². The Morgan fingerprint density at radius 2 is 1.74 bits per heavy atom. The molecule has 3 aromatic rings. The van der Waals surface area contributed by atoms with Crippen molar-refractivity contribution in [1.29, 1.82) is 0 Å². The van der Waals surface area contributed by atoms with Gasteiger partial charge in [-0.3, -0.25) is 4.79 Å². The third kappa shape index (κ3) is 4.21. The van der Waals surface area contributed by atoms with E-state index in [-0.39, 0.29) is 12.5 Å². The zero-order chi connectivity index (χ0) is 18.6. The van der Waals surface area contributed by atoms with Gasteiger partial charge in [0, 0.05) is 14.8 Å². The maximum Gasteiger partial charge on any atom is 0.269 e. The topological polar surface area (TPSA) is 47.6 Å². The molecule has 0 saturated heterocycles. The zero-order valence-corrected chi connectivity index (χ0v) is 15.8. The van der Waals surface area contributed by atoms with Gasteiger partial charge in [0.15, 0.2) is 11.5 Å². The number of rotatable bonds is 4. The smallest absolute Gasteiger partial charge is 0.269 e. The Hall–Kier alpha value is -2.63. The first kappa shape index (κ1) is 17.8. The van der Waals surface area contributed by atoms with Crippen molar-refractivity contribution in [3.63, 3.8) is 0 Å². The predicted molar refractivity (Wildman–Crippen MR) is 107 cm³/mol. The molecule has 0 aliphatic carbocycles. The second-order valence-corrected chi connectivity index (χ2v) is 7.46. The van der Waals surface area contributed by atoms with Gasteiger partial charge in [-0.2, -0.15) is 0 Å². The van der Waals surface area contributed by atoms with Crippen LogP contribution in [0.25, 0.3) is 0 Å². The van der Waals surface area contributed by atoms with Crippen LogP contribution in [0.15, 0.2) is 82.6 Å². The monoisotopic (exact) mass is 397 g/mol. The van der Waals surface area contributed by atoms with E-state index >= 15 is 0 Å². The molecule has 3 aromatic carbocycles. The van der Waals surface area contributed by atoms with Crippen LogP contribution in [0.2, 0.25) is 5.02 Å². The van der Waals surface area contributed by atoms with Gasteiger partial charge in [0.25, 0.3) is 5.91 Å². The van der Waals surface area contributed by atoms with Crippen LogP contribution in [0.3, 0.4) is 0 Å². The number of carbonyl (C=O) groups is 1. The van der Waals surface area contributed by atoms with Crippen LogP contribution in [0, 0.1) is 0 Å². The molecule has 0 fully saturated rings. The van der Waals surface area contributed by atoms with Crippen molar-refractivity contribution in [2.24, 2.45) is 0 Å². The number of anilines is 1. The standard InChI is InChI=1S/C21H16ClNO3S/c22-14-10-11-20(27-15-6-2-1-3-7-15)16(12-14)23-21(24)19-13-25-17-8-4-5-9-18(17)26-19/h1-12,19H,13H2,(H,23,24)/t19-/m0/s1. The quantitative estimate of drug-likeness (QED) is 0.651. The van der Waals surface area contributed by atoms with E-state index in [0.29, 0.717) is 22.2 Å². The minimum absolute atomic E-state index is 0.157. The van der Waals surface area contributed by atoms with Gasteiger partial charge in [-0.15, -0.1) is 0 Å².